The Morgan fingerprint density at radius 2 is 1.65 bits per heavy atom. The first kappa shape index (κ1) is 21.9. The van der Waals surface area contributed by atoms with E-state index in [9.17, 15) is 4.79 Å². The molecule has 0 heterocycles. The van der Waals surface area contributed by atoms with E-state index in [1.807, 2.05) is 12.2 Å². The molecule has 0 aliphatic carbocycles. The number of aliphatic hydroxyl groups is 2. The first-order valence-electron chi connectivity index (χ1n) is 8.95. The highest BCUT2D eigenvalue weighted by Crippen LogP contribution is 2.07. The fourth-order valence-electron chi connectivity index (χ4n) is 2.06. The highest BCUT2D eigenvalue weighted by atomic mass is 16.5. The van der Waals surface area contributed by atoms with Gasteiger partial charge >= 0.3 is 5.97 Å². The summed E-state index contributed by atoms with van der Waals surface area (Å²) in [4.78, 5) is 11.3. The van der Waals surface area contributed by atoms with Crippen LogP contribution in [0.2, 0.25) is 0 Å². The minimum absolute atomic E-state index is 0.139. The molecule has 0 fully saturated rings. The number of hydrogen-bond acceptors (Lipinski definition) is 4. The highest BCUT2D eigenvalue weighted by Gasteiger charge is 2.06. The van der Waals surface area contributed by atoms with Gasteiger partial charge in [-0.15, -0.1) is 0 Å². The zero-order valence-corrected chi connectivity index (χ0v) is 14.6. The van der Waals surface area contributed by atoms with Gasteiger partial charge in [-0.05, 0) is 25.7 Å². The molecule has 1 atom stereocenters. The molecule has 0 rings (SSSR count). The van der Waals surface area contributed by atoms with Crippen LogP contribution in [-0.4, -0.2) is 35.5 Å². The molecule has 4 nitrogen and oxygen atoms in total. The van der Waals surface area contributed by atoms with E-state index in [0.717, 1.165) is 12.8 Å². The second-order valence-corrected chi connectivity index (χ2v) is 5.79. The van der Waals surface area contributed by atoms with Crippen LogP contribution >= 0.6 is 0 Å². The maximum atomic E-state index is 11.3. The molecule has 0 saturated heterocycles. The van der Waals surface area contributed by atoms with Gasteiger partial charge in [-0.1, -0.05) is 63.3 Å². The maximum Gasteiger partial charge on any atom is 0.306 e. The van der Waals surface area contributed by atoms with E-state index in [-0.39, 0.29) is 12.6 Å². The van der Waals surface area contributed by atoms with Gasteiger partial charge in [0.25, 0.3) is 0 Å². The SMILES string of the molecule is CCCCCCCC/C=C/C/C=C/CCC(=O)OCC(O)CO. The van der Waals surface area contributed by atoms with E-state index in [1.165, 1.54) is 38.5 Å². The summed E-state index contributed by atoms with van der Waals surface area (Å²) in [6.07, 6.45) is 18.4. The lowest BCUT2D eigenvalue weighted by atomic mass is 10.1. The van der Waals surface area contributed by atoms with Crippen molar-refractivity contribution in [3.8, 4) is 0 Å². The molecule has 0 aromatic rings. The Hall–Kier alpha value is -1.13. The Kier molecular flexibility index (Phi) is 16.4. The first-order valence-corrected chi connectivity index (χ1v) is 8.95. The van der Waals surface area contributed by atoms with Crippen LogP contribution in [0, 0.1) is 0 Å². The van der Waals surface area contributed by atoms with Crippen LogP contribution in [0.5, 0.6) is 0 Å². The van der Waals surface area contributed by atoms with Crippen LogP contribution in [0.1, 0.15) is 71.1 Å². The van der Waals surface area contributed by atoms with Crippen molar-refractivity contribution in [2.45, 2.75) is 77.2 Å². The number of carbonyl (C=O) groups is 1. The number of unbranched alkanes of at least 4 members (excludes halogenated alkanes) is 6. The van der Waals surface area contributed by atoms with Gasteiger partial charge in [0.05, 0.1) is 6.61 Å². The molecule has 0 aliphatic rings. The van der Waals surface area contributed by atoms with Gasteiger partial charge in [0, 0.05) is 6.42 Å². The summed E-state index contributed by atoms with van der Waals surface area (Å²) in [5.74, 6) is -0.347. The summed E-state index contributed by atoms with van der Waals surface area (Å²) in [5, 5.41) is 17.6. The van der Waals surface area contributed by atoms with E-state index in [2.05, 4.69) is 19.1 Å². The van der Waals surface area contributed by atoms with Gasteiger partial charge in [0.1, 0.15) is 12.7 Å². The lowest BCUT2D eigenvalue weighted by molar-refractivity contribution is -0.147. The average Bonchev–Trinajstić information content (AvgIpc) is 2.56. The van der Waals surface area contributed by atoms with Crippen molar-refractivity contribution in [1.82, 2.24) is 0 Å². The molecule has 4 heteroatoms. The molecule has 0 spiro atoms. The van der Waals surface area contributed by atoms with Gasteiger partial charge in [-0.25, -0.2) is 0 Å². The zero-order valence-electron chi connectivity index (χ0n) is 14.6. The number of carbonyl (C=O) groups excluding carboxylic acids is 1. The van der Waals surface area contributed by atoms with Gasteiger partial charge in [0.2, 0.25) is 0 Å². The van der Waals surface area contributed by atoms with E-state index < -0.39 is 12.7 Å². The minimum Gasteiger partial charge on any atom is -0.463 e. The average molecular weight is 326 g/mol. The van der Waals surface area contributed by atoms with Crippen LogP contribution in [0.15, 0.2) is 24.3 Å². The number of esters is 1. The van der Waals surface area contributed by atoms with Crippen molar-refractivity contribution in [2.24, 2.45) is 0 Å². The molecule has 0 amide bonds. The van der Waals surface area contributed by atoms with Crippen molar-refractivity contribution in [3.63, 3.8) is 0 Å². The lowest BCUT2D eigenvalue weighted by Crippen LogP contribution is -2.21. The Bertz CT molecular complexity index is 323. The third-order valence-corrected chi connectivity index (χ3v) is 3.49. The quantitative estimate of drug-likeness (QED) is 0.272. The van der Waals surface area contributed by atoms with Crippen LogP contribution in [-0.2, 0) is 9.53 Å². The largest absolute Gasteiger partial charge is 0.463 e. The lowest BCUT2D eigenvalue weighted by Gasteiger charge is -2.07. The zero-order chi connectivity index (χ0) is 17.2. The second-order valence-electron chi connectivity index (χ2n) is 5.79. The Balaban J connectivity index is 3.39. The van der Waals surface area contributed by atoms with Crippen molar-refractivity contribution < 1.29 is 19.7 Å². The number of allylic oxidation sites excluding steroid dienone is 4. The Morgan fingerprint density at radius 1 is 1.00 bits per heavy atom. The smallest absolute Gasteiger partial charge is 0.306 e. The number of ether oxygens (including phenoxy) is 1. The third kappa shape index (κ3) is 17.1. The van der Waals surface area contributed by atoms with Gasteiger partial charge < -0.3 is 14.9 Å². The summed E-state index contributed by atoms with van der Waals surface area (Å²) >= 11 is 0. The molecule has 0 radical (unpaired) electrons. The standard InChI is InChI=1S/C19H34O4/c1-2-3-4-5-6-7-8-9-10-11-12-13-14-15-19(22)23-17-18(21)16-20/h9-10,12-13,18,20-21H,2-8,11,14-17H2,1H3/b10-9+,13-12+. The van der Waals surface area contributed by atoms with Crippen LogP contribution < -0.4 is 0 Å². The van der Waals surface area contributed by atoms with Crippen LogP contribution in [0.4, 0.5) is 0 Å². The molecule has 0 aromatic heterocycles. The van der Waals surface area contributed by atoms with Crippen molar-refractivity contribution >= 4 is 5.97 Å². The number of aliphatic hydroxyl groups excluding tert-OH is 2. The highest BCUT2D eigenvalue weighted by molar-refractivity contribution is 5.69. The molecule has 0 saturated carbocycles. The second kappa shape index (κ2) is 17.2. The summed E-state index contributed by atoms with van der Waals surface area (Å²) in [6.45, 7) is 1.71. The van der Waals surface area contributed by atoms with Crippen molar-refractivity contribution in [3.05, 3.63) is 24.3 Å². The van der Waals surface area contributed by atoms with E-state index >= 15 is 0 Å². The molecule has 1 unspecified atom stereocenters. The molecule has 23 heavy (non-hydrogen) atoms. The topological polar surface area (TPSA) is 66.8 Å². The minimum atomic E-state index is -0.980. The van der Waals surface area contributed by atoms with E-state index in [0.29, 0.717) is 12.8 Å². The van der Waals surface area contributed by atoms with Gasteiger partial charge in [-0.2, -0.15) is 0 Å². The third-order valence-electron chi connectivity index (χ3n) is 3.49. The fraction of sp³-hybridized carbons (Fsp3) is 0.737. The van der Waals surface area contributed by atoms with Crippen molar-refractivity contribution in [2.75, 3.05) is 13.2 Å². The summed E-state index contributed by atoms with van der Waals surface area (Å²) < 4.78 is 4.80. The van der Waals surface area contributed by atoms with Crippen LogP contribution in [0.25, 0.3) is 0 Å². The molecule has 0 aromatic carbocycles. The molecular weight excluding hydrogens is 292 g/mol. The first-order chi connectivity index (χ1) is 11.2. The molecule has 0 bridgehead atoms. The summed E-state index contributed by atoms with van der Waals surface area (Å²) in [6, 6.07) is 0. The predicted molar refractivity (Wildman–Crippen MR) is 94.2 cm³/mol. The Morgan fingerprint density at radius 3 is 2.35 bits per heavy atom. The van der Waals surface area contributed by atoms with Gasteiger partial charge in [0.15, 0.2) is 0 Å². The number of hydrogen-bond donors (Lipinski definition) is 2. The predicted octanol–water partition coefficient (Wildman–Crippen LogP) is 3.92. The Labute approximate surface area is 141 Å². The fourth-order valence-corrected chi connectivity index (χ4v) is 2.06. The molecule has 2 N–H and O–H groups in total. The maximum absolute atomic E-state index is 11.3. The monoisotopic (exact) mass is 326 g/mol. The molecule has 134 valence electrons. The normalized spacial score (nSPS) is 13.0. The van der Waals surface area contributed by atoms with Crippen LogP contribution in [0.3, 0.4) is 0 Å². The molecular formula is C19H34O4. The van der Waals surface area contributed by atoms with Crippen molar-refractivity contribution in [1.29, 1.82) is 0 Å². The number of rotatable bonds is 15. The van der Waals surface area contributed by atoms with E-state index in [1.54, 1.807) is 0 Å². The van der Waals surface area contributed by atoms with E-state index in [4.69, 9.17) is 14.9 Å². The molecule has 0 aliphatic heterocycles. The summed E-state index contributed by atoms with van der Waals surface area (Å²) in [7, 11) is 0. The van der Waals surface area contributed by atoms with Gasteiger partial charge in [-0.3, -0.25) is 4.79 Å². The summed E-state index contributed by atoms with van der Waals surface area (Å²) in [5.41, 5.74) is 0.